The molecule has 3 aromatic carbocycles. The summed E-state index contributed by atoms with van der Waals surface area (Å²) in [6.07, 6.45) is -4.66. The second-order valence-corrected chi connectivity index (χ2v) is 10.3. The number of thioether (sulfide) groups is 1. The fourth-order valence-electron chi connectivity index (χ4n) is 3.46. The van der Waals surface area contributed by atoms with E-state index in [1.807, 2.05) is 31.2 Å². The van der Waals surface area contributed by atoms with Gasteiger partial charge in [0.15, 0.2) is 0 Å². The summed E-state index contributed by atoms with van der Waals surface area (Å²) in [5.74, 6) is 0.211. The van der Waals surface area contributed by atoms with Crippen molar-refractivity contribution in [3.8, 4) is 0 Å². The van der Waals surface area contributed by atoms with E-state index >= 15 is 0 Å². The van der Waals surface area contributed by atoms with Crippen molar-refractivity contribution >= 4 is 39.1 Å². The molecule has 0 bridgehead atoms. The molecule has 172 valence electrons. The number of benzene rings is 3. The van der Waals surface area contributed by atoms with Crippen molar-refractivity contribution in [3.05, 3.63) is 89.5 Å². The van der Waals surface area contributed by atoms with Crippen molar-refractivity contribution in [2.45, 2.75) is 23.4 Å². The predicted molar refractivity (Wildman–Crippen MR) is 123 cm³/mol. The van der Waals surface area contributed by atoms with Crippen LogP contribution in [0.4, 0.5) is 24.5 Å². The first kappa shape index (κ1) is 23.2. The lowest BCUT2D eigenvalue weighted by Crippen LogP contribution is -2.27. The molecular formula is C23H19F3N2O3S2. The van der Waals surface area contributed by atoms with Gasteiger partial charge in [0.1, 0.15) is 5.37 Å². The number of carbonyl (C=O) groups is 1. The zero-order valence-corrected chi connectivity index (χ0v) is 19.0. The number of nitrogens with one attached hydrogen (secondary N) is 1. The minimum absolute atomic E-state index is 0.0659. The van der Waals surface area contributed by atoms with Gasteiger partial charge in [0.2, 0.25) is 5.91 Å². The van der Waals surface area contributed by atoms with Gasteiger partial charge in [-0.25, -0.2) is 8.42 Å². The first-order chi connectivity index (χ1) is 15.5. The monoisotopic (exact) mass is 492 g/mol. The second-order valence-electron chi connectivity index (χ2n) is 7.52. The van der Waals surface area contributed by atoms with Crippen molar-refractivity contribution < 1.29 is 26.4 Å². The van der Waals surface area contributed by atoms with E-state index in [4.69, 9.17) is 0 Å². The summed E-state index contributed by atoms with van der Waals surface area (Å²) in [7, 11) is -4.25. The quantitative estimate of drug-likeness (QED) is 0.504. The van der Waals surface area contributed by atoms with Crippen LogP contribution in [0.3, 0.4) is 0 Å². The van der Waals surface area contributed by atoms with Crippen LogP contribution in [0.2, 0.25) is 0 Å². The average molecular weight is 493 g/mol. The Hall–Kier alpha value is -2.98. The van der Waals surface area contributed by atoms with Crippen LogP contribution in [0.1, 0.15) is 22.1 Å². The largest absolute Gasteiger partial charge is 0.416 e. The zero-order valence-electron chi connectivity index (χ0n) is 17.3. The van der Waals surface area contributed by atoms with E-state index in [2.05, 4.69) is 4.72 Å². The topological polar surface area (TPSA) is 66.5 Å². The van der Waals surface area contributed by atoms with Gasteiger partial charge in [-0.05, 0) is 55.0 Å². The molecule has 0 saturated carbocycles. The van der Waals surface area contributed by atoms with Crippen molar-refractivity contribution in [1.82, 2.24) is 0 Å². The highest BCUT2D eigenvalue weighted by Crippen LogP contribution is 2.42. The number of anilines is 2. The molecule has 1 saturated heterocycles. The van der Waals surface area contributed by atoms with Gasteiger partial charge in [0.05, 0.1) is 16.2 Å². The minimum atomic E-state index is -4.66. The molecule has 3 aromatic rings. The van der Waals surface area contributed by atoms with Gasteiger partial charge in [0.25, 0.3) is 10.0 Å². The first-order valence-electron chi connectivity index (χ1n) is 9.85. The van der Waals surface area contributed by atoms with Gasteiger partial charge in [-0.3, -0.25) is 14.4 Å². The number of nitrogens with zero attached hydrogens (tertiary/aromatic N) is 1. The molecule has 1 aliphatic heterocycles. The zero-order chi connectivity index (χ0) is 23.8. The molecule has 1 amide bonds. The predicted octanol–water partition coefficient (Wildman–Crippen LogP) is 5.59. The molecule has 1 aliphatic rings. The number of halogens is 3. The van der Waals surface area contributed by atoms with Gasteiger partial charge in [-0.15, -0.1) is 11.8 Å². The van der Waals surface area contributed by atoms with Crippen molar-refractivity contribution in [2.75, 3.05) is 15.4 Å². The van der Waals surface area contributed by atoms with Crippen LogP contribution < -0.4 is 9.62 Å². The number of aryl methyl sites for hydroxylation is 1. The maximum absolute atomic E-state index is 13.0. The van der Waals surface area contributed by atoms with E-state index < -0.39 is 26.7 Å². The lowest BCUT2D eigenvalue weighted by atomic mass is 10.1. The summed E-state index contributed by atoms with van der Waals surface area (Å²) in [6.45, 7) is 1.95. The molecule has 0 aromatic heterocycles. The van der Waals surface area contributed by atoms with Crippen molar-refractivity contribution in [2.24, 2.45) is 0 Å². The van der Waals surface area contributed by atoms with Crippen LogP contribution in [-0.2, 0) is 21.0 Å². The van der Waals surface area contributed by atoms with Gasteiger partial charge in [0, 0.05) is 11.4 Å². The van der Waals surface area contributed by atoms with E-state index in [0.717, 1.165) is 29.4 Å². The van der Waals surface area contributed by atoms with E-state index in [1.165, 1.54) is 17.8 Å². The number of alkyl halides is 3. The summed E-state index contributed by atoms with van der Waals surface area (Å²) in [6, 6.07) is 17.6. The van der Waals surface area contributed by atoms with Gasteiger partial charge in [-0.2, -0.15) is 13.2 Å². The van der Waals surface area contributed by atoms with Gasteiger partial charge >= 0.3 is 6.18 Å². The molecule has 1 unspecified atom stereocenters. The van der Waals surface area contributed by atoms with Crippen LogP contribution in [-0.4, -0.2) is 20.1 Å². The third-order valence-corrected chi connectivity index (χ3v) is 7.67. The van der Waals surface area contributed by atoms with E-state index in [0.29, 0.717) is 11.6 Å². The molecule has 33 heavy (non-hydrogen) atoms. The number of amides is 1. The van der Waals surface area contributed by atoms with Gasteiger partial charge in [-0.1, -0.05) is 35.9 Å². The summed E-state index contributed by atoms with van der Waals surface area (Å²) in [5, 5.41) is -0.363. The Morgan fingerprint density at radius 2 is 1.70 bits per heavy atom. The second kappa shape index (κ2) is 8.75. The number of hydrogen-bond donors (Lipinski definition) is 1. The number of rotatable bonds is 5. The molecule has 10 heteroatoms. The number of carbonyl (C=O) groups excluding carboxylic acids is 1. The molecule has 0 aliphatic carbocycles. The fraction of sp³-hybridized carbons (Fsp3) is 0.174. The SMILES string of the molecule is Cc1ccc(N2C(=O)CSC2c2cccc(NS(=O)(=O)c3cccc(C(F)(F)F)c3)c2)cc1. The highest BCUT2D eigenvalue weighted by atomic mass is 32.2. The molecule has 1 N–H and O–H groups in total. The first-order valence-corrected chi connectivity index (χ1v) is 12.4. The molecule has 1 fully saturated rings. The van der Waals surface area contributed by atoms with Crippen LogP contribution >= 0.6 is 11.8 Å². The third-order valence-electron chi connectivity index (χ3n) is 5.08. The number of sulfonamides is 1. The fourth-order valence-corrected chi connectivity index (χ4v) is 5.73. The van der Waals surface area contributed by atoms with Gasteiger partial charge < -0.3 is 0 Å². The third kappa shape index (κ3) is 5.01. The molecule has 1 heterocycles. The van der Waals surface area contributed by atoms with Crippen LogP contribution in [0.5, 0.6) is 0 Å². The minimum Gasteiger partial charge on any atom is -0.295 e. The molecule has 5 nitrogen and oxygen atoms in total. The maximum Gasteiger partial charge on any atom is 0.416 e. The van der Waals surface area contributed by atoms with Crippen LogP contribution in [0.25, 0.3) is 0 Å². The summed E-state index contributed by atoms with van der Waals surface area (Å²) in [4.78, 5) is 13.7. The Labute approximate surface area is 193 Å². The molecule has 0 spiro atoms. The summed E-state index contributed by atoms with van der Waals surface area (Å²) in [5.41, 5.74) is 1.62. The lowest BCUT2D eigenvalue weighted by Gasteiger charge is -2.25. The Bertz CT molecular complexity index is 1290. The summed E-state index contributed by atoms with van der Waals surface area (Å²) >= 11 is 1.41. The Morgan fingerprint density at radius 1 is 1.00 bits per heavy atom. The van der Waals surface area contributed by atoms with Crippen LogP contribution in [0.15, 0.2) is 77.7 Å². The molecular weight excluding hydrogens is 473 g/mol. The highest BCUT2D eigenvalue weighted by Gasteiger charge is 2.34. The molecule has 1 atom stereocenters. The Balaban J connectivity index is 1.62. The standard InChI is InChI=1S/C23H19F3N2O3S2/c1-15-8-10-19(11-9-15)28-21(29)14-32-22(28)16-4-2-6-18(12-16)27-33(30,31)20-7-3-5-17(13-20)23(24,25)26/h2-13,22,27H,14H2,1H3. The van der Waals surface area contributed by atoms with E-state index in [-0.39, 0.29) is 22.7 Å². The van der Waals surface area contributed by atoms with Crippen molar-refractivity contribution in [3.63, 3.8) is 0 Å². The maximum atomic E-state index is 13.0. The smallest absolute Gasteiger partial charge is 0.295 e. The number of hydrogen-bond acceptors (Lipinski definition) is 4. The summed E-state index contributed by atoms with van der Waals surface area (Å²) < 4.78 is 66.8. The van der Waals surface area contributed by atoms with Crippen molar-refractivity contribution in [1.29, 1.82) is 0 Å². The Morgan fingerprint density at radius 3 is 2.39 bits per heavy atom. The molecule has 0 radical (unpaired) electrons. The van der Waals surface area contributed by atoms with Crippen LogP contribution in [0, 0.1) is 6.92 Å². The van der Waals surface area contributed by atoms with E-state index in [1.54, 1.807) is 23.1 Å². The Kier molecular flexibility index (Phi) is 6.15. The average Bonchev–Trinajstić information content (AvgIpc) is 3.15. The molecule has 4 rings (SSSR count). The lowest BCUT2D eigenvalue weighted by molar-refractivity contribution is -0.137. The van der Waals surface area contributed by atoms with E-state index in [9.17, 15) is 26.4 Å². The normalized spacial score (nSPS) is 16.8. The highest BCUT2D eigenvalue weighted by molar-refractivity contribution is 8.00.